The van der Waals surface area contributed by atoms with E-state index in [0.717, 1.165) is 17.7 Å². The van der Waals surface area contributed by atoms with Gasteiger partial charge >= 0.3 is 6.03 Å². The number of amides is 4. The molecule has 1 N–H and O–H groups in total. The van der Waals surface area contributed by atoms with Crippen LogP contribution in [0.3, 0.4) is 0 Å². The number of nitrogens with zero attached hydrogens (tertiary/aromatic N) is 2. The number of benzene rings is 2. The van der Waals surface area contributed by atoms with E-state index in [4.69, 9.17) is 4.74 Å². The summed E-state index contributed by atoms with van der Waals surface area (Å²) in [6.07, 6.45) is 1.65. The second-order valence-electron chi connectivity index (χ2n) is 8.25. The zero-order valence-electron chi connectivity index (χ0n) is 18.1. The number of carbonyl (C=O) groups is 3. The highest BCUT2D eigenvalue weighted by Gasteiger charge is 2.50. The van der Waals surface area contributed by atoms with Crippen molar-refractivity contribution in [1.29, 1.82) is 0 Å². The summed E-state index contributed by atoms with van der Waals surface area (Å²) in [5.41, 5.74) is -0.276. The maximum absolute atomic E-state index is 14.1. The highest BCUT2D eigenvalue weighted by Crippen LogP contribution is 2.32. The summed E-state index contributed by atoms with van der Waals surface area (Å²) < 4.78 is 19.5. The second kappa shape index (κ2) is 8.61. The Morgan fingerprint density at radius 1 is 1.19 bits per heavy atom. The van der Waals surface area contributed by atoms with Crippen LogP contribution in [0.1, 0.15) is 37.8 Å². The first-order chi connectivity index (χ1) is 15.3. The van der Waals surface area contributed by atoms with Gasteiger partial charge in [-0.25, -0.2) is 9.18 Å². The topological polar surface area (TPSA) is 79.0 Å². The fourth-order valence-electron chi connectivity index (χ4n) is 3.93. The molecule has 0 spiro atoms. The van der Waals surface area contributed by atoms with Gasteiger partial charge in [0.05, 0.1) is 6.61 Å². The molecule has 4 rings (SSSR count). The minimum absolute atomic E-state index is 0.000339. The number of urea groups is 1. The van der Waals surface area contributed by atoms with Crippen molar-refractivity contribution in [1.82, 2.24) is 15.1 Å². The third kappa shape index (κ3) is 4.17. The van der Waals surface area contributed by atoms with Gasteiger partial charge in [-0.1, -0.05) is 30.3 Å². The van der Waals surface area contributed by atoms with Gasteiger partial charge in [0.2, 0.25) is 5.91 Å². The molecule has 0 unspecified atom stereocenters. The summed E-state index contributed by atoms with van der Waals surface area (Å²) in [6, 6.07) is 12.6. The maximum Gasteiger partial charge on any atom is 0.325 e. The molecule has 1 heterocycles. The quantitative estimate of drug-likeness (QED) is 0.641. The van der Waals surface area contributed by atoms with E-state index in [0.29, 0.717) is 23.5 Å². The molecular formula is C24H26FN3O4. The third-order valence-corrected chi connectivity index (χ3v) is 5.92. The number of halogens is 1. The normalized spacial score (nSPS) is 20.3. The van der Waals surface area contributed by atoms with Crippen molar-refractivity contribution in [3.05, 3.63) is 65.5 Å². The van der Waals surface area contributed by atoms with E-state index in [1.54, 1.807) is 54.3 Å². The van der Waals surface area contributed by atoms with E-state index in [1.807, 2.05) is 6.92 Å². The number of imide groups is 1. The molecule has 1 aliphatic heterocycles. The standard InChI is InChI=1S/C24H26FN3O4/c1-3-32-19-12-8-17(9-13-19)24(2)22(30)28(23(31)26-24)15-21(29)27(18-10-11-18)14-16-6-4-5-7-20(16)25/h4-9,12-13,18H,3,10-11,14-15H2,1-2H3,(H,26,31)/t24-/m1/s1. The van der Waals surface area contributed by atoms with Gasteiger partial charge in [-0.05, 0) is 50.5 Å². The molecule has 2 aliphatic rings. The molecule has 32 heavy (non-hydrogen) atoms. The summed E-state index contributed by atoms with van der Waals surface area (Å²) in [4.78, 5) is 41.4. The molecule has 0 bridgehead atoms. The van der Waals surface area contributed by atoms with Gasteiger partial charge in [0, 0.05) is 18.2 Å². The molecule has 7 nitrogen and oxygen atoms in total. The van der Waals surface area contributed by atoms with Crippen molar-refractivity contribution >= 4 is 17.8 Å². The first-order valence-electron chi connectivity index (χ1n) is 10.7. The molecule has 1 atom stereocenters. The smallest absolute Gasteiger partial charge is 0.325 e. The van der Waals surface area contributed by atoms with Gasteiger partial charge in [-0.2, -0.15) is 0 Å². The molecule has 4 amide bonds. The van der Waals surface area contributed by atoms with Gasteiger partial charge in [-0.15, -0.1) is 0 Å². The SMILES string of the molecule is CCOc1ccc([C@@]2(C)NC(=O)N(CC(=O)N(Cc3ccccc3F)C3CC3)C2=O)cc1. The Hall–Kier alpha value is -3.42. The van der Waals surface area contributed by atoms with Crippen LogP contribution in [0.4, 0.5) is 9.18 Å². The van der Waals surface area contributed by atoms with Crippen LogP contribution < -0.4 is 10.1 Å². The fraction of sp³-hybridized carbons (Fsp3) is 0.375. The predicted octanol–water partition coefficient (Wildman–Crippen LogP) is 3.18. The zero-order chi connectivity index (χ0) is 22.9. The van der Waals surface area contributed by atoms with Crippen molar-refractivity contribution in [3.63, 3.8) is 0 Å². The summed E-state index contributed by atoms with van der Waals surface area (Å²) in [6.45, 7) is 3.73. The Balaban J connectivity index is 1.49. The average Bonchev–Trinajstić information content (AvgIpc) is 3.58. The molecular weight excluding hydrogens is 413 g/mol. The lowest BCUT2D eigenvalue weighted by Gasteiger charge is -2.26. The molecule has 8 heteroatoms. The summed E-state index contributed by atoms with van der Waals surface area (Å²) in [5, 5.41) is 2.71. The van der Waals surface area contributed by atoms with Crippen LogP contribution in [0, 0.1) is 5.82 Å². The van der Waals surface area contributed by atoms with Gasteiger partial charge in [0.15, 0.2) is 0 Å². The van der Waals surface area contributed by atoms with Crippen molar-refractivity contribution in [2.45, 2.75) is 44.8 Å². The first kappa shape index (κ1) is 21.8. The molecule has 0 radical (unpaired) electrons. The van der Waals surface area contributed by atoms with E-state index < -0.39 is 17.5 Å². The van der Waals surface area contributed by atoms with Crippen molar-refractivity contribution in [2.75, 3.05) is 13.2 Å². The van der Waals surface area contributed by atoms with E-state index in [-0.39, 0.29) is 30.9 Å². The van der Waals surface area contributed by atoms with Crippen molar-refractivity contribution in [2.24, 2.45) is 0 Å². The van der Waals surface area contributed by atoms with Crippen LogP contribution in [0.15, 0.2) is 48.5 Å². The maximum atomic E-state index is 14.1. The average molecular weight is 439 g/mol. The van der Waals surface area contributed by atoms with E-state index in [1.165, 1.54) is 6.07 Å². The summed E-state index contributed by atoms with van der Waals surface area (Å²) >= 11 is 0. The van der Waals surface area contributed by atoms with E-state index >= 15 is 0 Å². The van der Waals surface area contributed by atoms with Crippen LogP contribution in [-0.4, -0.2) is 46.8 Å². The van der Waals surface area contributed by atoms with Gasteiger partial charge in [-0.3, -0.25) is 14.5 Å². The zero-order valence-corrected chi connectivity index (χ0v) is 18.1. The lowest BCUT2D eigenvalue weighted by Crippen LogP contribution is -2.45. The Kier molecular flexibility index (Phi) is 5.86. The first-order valence-corrected chi connectivity index (χ1v) is 10.7. The number of ether oxygens (including phenoxy) is 1. The monoisotopic (exact) mass is 439 g/mol. The largest absolute Gasteiger partial charge is 0.494 e. The fourth-order valence-corrected chi connectivity index (χ4v) is 3.93. The van der Waals surface area contributed by atoms with Crippen molar-refractivity contribution < 1.29 is 23.5 Å². The highest BCUT2D eigenvalue weighted by atomic mass is 19.1. The Morgan fingerprint density at radius 3 is 2.50 bits per heavy atom. The van der Waals surface area contributed by atoms with Crippen molar-refractivity contribution in [3.8, 4) is 5.75 Å². The van der Waals surface area contributed by atoms with Crippen LogP contribution in [0.2, 0.25) is 0 Å². The minimum Gasteiger partial charge on any atom is -0.494 e. The number of carbonyl (C=O) groups excluding carboxylic acids is 3. The van der Waals surface area contributed by atoms with Crippen LogP contribution in [0.5, 0.6) is 5.75 Å². The van der Waals surface area contributed by atoms with Crippen LogP contribution in [-0.2, 0) is 21.7 Å². The lowest BCUT2D eigenvalue weighted by atomic mass is 9.92. The lowest BCUT2D eigenvalue weighted by molar-refractivity contribution is -0.139. The predicted molar refractivity (Wildman–Crippen MR) is 115 cm³/mol. The van der Waals surface area contributed by atoms with E-state index in [9.17, 15) is 18.8 Å². The summed E-state index contributed by atoms with van der Waals surface area (Å²) in [7, 11) is 0. The molecule has 1 saturated heterocycles. The second-order valence-corrected chi connectivity index (χ2v) is 8.25. The van der Waals surface area contributed by atoms with Gasteiger partial charge in [0.25, 0.3) is 5.91 Å². The number of hydrogen-bond acceptors (Lipinski definition) is 4. The van der Waals surface area contributed by atoms with Gasteiger partial charge < -0.3 is 15.0 Å². The summed E-state index contributed by atoms with van der Waals surface area (Å²) in [5.74, 6) is -0.599. The molecule has 1 saturated carbocycles. The number of nitrogens with one attached hydrogen (secondary N) is 1. The highest BCUT2D eigenvalue weighted by molar-refractivity contribution is 6.09. The Bertz CT molecular complexity index is 1040. The molecule has 2 fully saturated rings. The van der Waals surface area contributed by atoms with Crippen LogP contribution >= 0.6 is 0 Å². The van der Waals surface area contributed by atoms with E-state index in [2.05, 4.69) is 5.32 Å². The Labute approximate surface area is 186 Å². The Morgan fingerprint density at radius 2 is 1.88 bits per heavy atom. The molecule has 1 aliphatic carbocycles. The van der Waals surface area contributed by atoms with Gasteiger partial charge in [0.1, 0.15) is 23.7 Å². The molecule has 168 valence electrons. The molecule has 2 aromatic rings. The molecule has 0 aromatic heterocycles. The minimum atomic E-state index is -1.28. The molecule has 2 aromatic carbocycles. The number of hydrogen-bond donors (Lipinski definition) is 1. The van der Waals surface area contributed by atoms with Crippen LogP contribution in [0.25, 0.3) is 0 Å². The number of rotatable bonds is 8. The third-order valence-electron chi connectivity index (χ3n) is 5.92.